The van der Waals surface area contributed by atoms with E-state index < -0.39 is 27.9 Å². The number of anilines is 2. The van der Waals surface area contributed by atoms with Crippen molar-refractivity contribution in [3.8, 4) is 0 Å². The van der Waals surface area contributed by atoms with Crippen LogP contribution in [-0.4, -0.2) is 60.6 Å². The molecule has 2 amide bonds. The Morgan fingerprint density at radius 3 is 2.60 bits per heavy atom. The van der Waals surface area contributed by atoms with Crippen molar-refractivity contribution < 1.29 is 35.6 Å². The van der Waals surface area contributed by atoms with Crippen LogP contribution >= 0.6 is 0 Å². The van der Waals surface area contributed by atoms with Gasteiger partial charge in [-0.3, -0.25) is 9.59 Å². The van der Waals surface area contributed by atoms with E-state index in [4.69, 9.17) is 4.42 Å². The maximum absolute atomic E-state index is 13.0. The van der Waals surface area contributed by atoms with Gasteiger partial charge in [-0.15, -0.1) is 0 Å². The zero-order valence-corrected chi connectivity index (χ0v) is 20.2. The largest absolute Gasteiger partial charge is 0.431 e. The highest BCUT2D eigenvalue weighted by Gasteiger charge is 2.32. The molecule has 0 spiro atoms. The van der Waals surface area contributed by atoms with Crippen LogP contribution in [-0.2, 0) is 21.2 Å². The second-order valence-corrected chi connectivity index (χ2v) is 9.91. The maximum Gasteiger partial charge on any atom is 0.416 e. The Balaban J connectivity index is 1.66. The van der Waals surface area contributed by atoms with E-state index in [1.807, 2.05) is 4.72 Å². The Labute approximate surface area is 200 Å². The first-order valence-electron chi connectivity index (χ1n) is 10.7. The monoisotopic (exact) mass is 517 g/mol. The minimum atomic E-state index is -4.55. The Bertz CT molecular complexity index is 1200. The first kappa shape index (κ1) is 26.5. The Kier molecular flexibility index (Phi) is 7.74. The third-order valence-corrected chi connectivity index (χ3v) is 7.29. The number of carbonyl (C=O) groups is 2. The topological polar surface area (TPSA) is 125 Å². The molecule has 1 aliphatic heterocycles. The van der Waals surface area contributed by atoms with Crippen LogP contribution in [0.2, 0.25) is 0 Å². The van der Waals surface area contributed by atoms with Crippen LogP contribution in [0.1, 0.15) is 47.8 Å². The fourth-order valence-corrected chi connectivity index (χ4v) is 4.84. The molecule has 2 aromatic rings. The SMILES string of the molecule is CC(=O)N(C)C1CCCN(S(=O)(=O)NC(=O)c2coc(Nc3cc(C(F)(F)F)ccc3C)n2)CC1. The van der Waals surface area contributed by atoms with Crippen molar-refractivity contribution in [1.82, 2.24) is 18.9 Å². The molecule has 35 heavy (non-hydrogen) atoms. The summed E-state index contributed by atoms with van der Waals surface area (Å²) in [5.41, 5.74) is -0.712. The Hall–Kier alpha value is -3.13. The van der Waals surface area contributed by atoms with Gasteiger partial charge in [0.15, 0.2) is 5.69 Å². The van der Waals surface area contributed by atoms with E-state index >= 15 is 0 Å². The van der Waals surface area contributed by atoms with Crippen molar-refractivity contribution in [2.24, 2.45) is 0 Å². The number of aromatic nitrogens is 1. The van der Waals surface area contributed by atoms with Crippen LogP contribution in [0.15, 0.2) is 28.9 Å². The summed E-state index contributed by atoms with van der Waals surface area (Å²) >= 11 is 0. The van der Waals surface area contributed by atoms with Crippen molar-refractivity contribution in [3.63, 3.8) is 0 Å². The molecule has 10 nitrogen and oxygen atoms in total. The van der Waals surface area contributed by atoms with Gasteiger partial charge in [-0.25, -0.2) is 4.72 Å². The summed E-state index contributed by atoms with van der Waals surface area (Å²) in [5, 5.41) is 2.57. The second-order valence-electron chi connectivity index (χ2n) is 8.24. The number of alkyl halides is 3. The third kappa shape index (κ3) is 6.51. The van der Waals surface area contributed by atoms with E-state index in [0.717, 1.165) is 22.7 Å². The summed E-state index contributed by atoms with van der Waals surface area (Å²) in [4.78, 5) is 29.5. The average Bonchev–Trinajstić information content (AvgIpc) is 3.08. The van der Waals surface area contributed by atoms with Crippen LogP contribution in [0.4, 0.5) is 24.9 Å². The van der Waals surface area contributed by atoms with Crippen LogP contribution in [0.5, 0.6) is 0 Å². The van der Waals surface area contributed by atoms with Gasteiger partial charge in [-0.1, -0.05) is 6.07 Å². The van der Waals surface area contributed by atoms with Gasteiger partial charge in [-0.2, -0.15) is 30.9 Å². The zero-order chi connectivity index (χ0) is 26.0. The quantitative estimate of drug-likeness (QED) is 0.603. The number of hydrogen-bond donors (Lipinski definition) is 2. The van der Waals surface area contributed by atoms with Crippen LogP contribution in [0, 0.1) is 6.92 Å². The van der Waals surface area contributed by atoms with Gasteiger partial charge in [0.1, 0.15) is 6.26 Å². The van der Waals surface area contributed by atoms with E-state index in [9.17, 15) is 31.2 Å². The van der Waals surface area contributed by atoms with Crippen LogP contribution in [0.25, 0.3) is 0 Å². The number of carbonyl (C=O) groups excluding carboxylic acids is 2. The molecule has 0 saturated carbocycles. The minimum Gasteiger partial charge on any atom is -0.431 e. The first-order chi connectivity index (χ1) is 16.3. The molecular weight excluding hydrogens is 491 g/mol. The number of aryl methyl sites for hydroxylation is 1. The summed E-state index contributed by atoms with van der Waals surface area (Å²) in [7, 11) is -2.54. The lowest BCUT2D eigenvalue weighted by Crippen LogP contribution is -2.44. The molecule has 1 aromatic carbocycles. The predicted molar refractivity (Wildman–Crippen MR) is 120 cm³/mol. The summed E-state index contributed by atoms with van der Waals surface area (Å²) in [6.07, 6.45) is -2.10. The lowest BCUT2D eigenvalue weighted by molar-refractivity contribution is -0.137. The van der Waals surface area contributed by atoms with E-state index in [2.05, 4.69) is 10.3 Å². The third-order valence-electron chi connectivity index (χ3n) is 5.81. The number of halogens is 3. The number of benzene rings is 1. The molecule has 192 valence electrons. The van der Waals surface area contributed by atoms with Crippen molar-refractivity contribution in [3.05, 3.63) is 41.3 Å². The molecule has 1 unspecified atom stereocenters. The van der Waals surface area contributed by atoms with Gasteiger partial charge in [0, 0.05) is 38.8 Å². The van der Waals surface area contributed by atoms with Crippen molar-refractivity contribution in [1.29, 1.82) is 0 Å². The minimum absolute atomic E-state index is 0.0657. The number of nitrogens with zero attached hydrogens (tertiary/aromatic N) is 3. The predicted octanol–water partition coefficient (Wildman–Crippen LogP) is 3.05. The lowest BCUT2D eigenvalue weighted by Gasteiger charge is -2.26. The molecule has 1 atom stereocenters. The molecule has 2 heterocycles. The summed E-state index contributed by atoms with van der Waals surface area (Å²) in [6, 6.07) is 2.70. The van der Waals surface area contributed by atoms with E-state index in [1.165, 1.54) is 13.0 Å². The lowest BCUT2D eigenvalue weighted by atomic mass is 10.1. The second kappa shape index (κ2) is 10.2. The number of amides is 2. The number of oxazole rings is 1. The Morgan fingerprint density at radius 2 is 1.94 bits per heavy atom. The van der Waals surface area contributed by atoms with E-state index in [-0.39, 0.29) is 42.4 Å². The molecule has 1 fully saturated rings. The standard InChI is InChI=1S/C21H26F3N5O5S/c1-13-6-7-15(21(22,23)24)11-17(13)25-20-26-18(12-34-20)19(31)27-35(32,33)29-9-4-5-16(8-10-29)28(3)14(2)30/h6-7,11-12,16H,4-5,8-10H2,1-3H3,(H,25,26)(H,27,31). The van der Waals surface area contributed by atoms with Gasteiger partial charge in [0.25, 0.3) is 11.9 Å². The highest BCUT2D eigenvalue weighted by molar-refractivity contribution is 7.87. The average molecular weight is 518 g/mol. The zero-order valence-electron chi connectivity index (χ0n) is 19.3. The number of hydrogen-bond acceptors (Lipinski definition) is 7. The van der Waals surface area contributed by atoms with E-state index in [1.54, 1.807) is 18.9 Å². The van der Waals surface area contributed by atoms with Crippen molar-refractivity contribution in [2.75, 3.05) is 25.5 Å². The molecule has 1 aliphatic rings. The van der Waals surface area contributed by atoms with E-state index in [0.29, 0.717) is 24.8 Å². The molecule has 1 saturated heterocycles. The fraction of sp³-hybridized carbons (Fsp3) is 0.476. The Morgan fingerprint density at radius 1 is 1.23 bits per heavy atom. The normalized spacial score (nSPS) is 17.5. The molecule has 0 aliphatic carbocycles. The molecule has 3 rings (SSSR count). The van der Waals surface area contributed by atoms with Crippen LogP contribution < -0.4 is 10.0 Å². The summed E-state index contributed by atoms with van der Waals surface area (Å²) in [5.74, 6) is -1.17. The van der Waals surface area contributed by atoms with Gasteiger partial charge in [0.2, 0.25) is 5.91 Å². The van der Waals surface area contributed by atoms with Gasteiger partial charge < -0.3 is 14.6 Å². The fourth-order valence-electron chi connectivity index (χ4n) is 3.65. The first-order valence-corrected chi connectivity index (χ1v) is 12.2. The van der Waals surface area contributed by atoms with Crippen molar-refractivity contribution >= 4 is 33.7 Å². The molecule has 0 radical (unpaired) electrons. The number of rotatable bonds is 6. The van der Waals surface area contributed by atoms with Crippen molar-refractivity contribution in [2.45, 2.75) is 45.3 Å². The smallest absolute Gasteiger partial charge is 0.416 e. The highest BCUT2D eigenvalue weighted by Crippen LogP contribution is 2.33. The molecule has 2 N–H and O–H groups in total. The molecule has 0 bridgehead atoms. The van der Waals surface area contributed by atoms with Crippen LogP contribution in [0.3, 0.4) is 0 Å². The molecular formula is C21H26F3N5O5S. The van der Waals surface area contributed by atoms with Gasteiger partial charge >= 0.3 is 16.4 Å². The number of nitrogens with one attached hydrogen (secondary N) is 2. The van der Waals surface area contributed by atoms with Gasteiger partial charge in [-0.05, 0) is 43.9 Å². The van der Waals surface area contributed by atoms with Gasteiger partial charge in [0.05, 0.1) is 5.56 Å². The highest BCUT2D eigenvalue weighted by atomic mass is 32.2. The molecule has 14 heteroatoms. The summed E-state index contributed by atoms with van der Waals surface area (Å²) in [6.45, 7) is 3.30. The maximum atomic E-state index is 13.0. The summed E-state index contributed by atoms with van der Waals surface area (Å²) < 4.78 is 72.6. The molecule has 1 aromatic heterocycles.